The molecule has 136 valence electrons. The Labute approximate surface area is 151 Å². The third-order valence-electron chi connectivity index (χ3n) is 3.28. The highest BCUT2D eigenvalue weighted by Crippen LogP contribution is 2.28. The van der Waals surface area contributed by atoms with Crippen LogP contribution in [-0.4, -0.2) is 35.8 Å². The SMILES string of the molecule is C=O.COC.Cc1c(-c2cccnc2)nn(-c2cccc(N=O)c2)c1N. The number of carbonyl (C=O) groups is 1. The van der Waals surface area contributed by atoms with Gasteiger partial charge in [-0.1, -0.05) is 6.07 Å². The Kier molecular flexibility index (Phi) is 8.32. The number of benzene rings is 1. The van der Waals surface area contributed by atoms with E-state index in [4.69, 9.17) is 10.5 Å². The summed E-state index contributed by atoms with van der Waals surface area (Å²) in [6, 6.07) is 10.6. The standard InChI is InChI=1S/C15H13N5O.C2H6O.CH2O/c1-10-14(11-4-3-7-17-9-11)18-20(15(10)16)13-6-2-5-12(8-13)19-21;1-3-2;1-2/h2-9H,16H2,1H3;1-2H3;1H2. The van der Waals surface area contributed by atoms with Crippen LogP contribution in [0.25, 0.3) is 16.9 Å². The summed E-state index contributed by atoms with van der Waals surface area (Å²) in [5, 5.41) is 7.47. The highest BCUT2D eigenvalue weighted by atomic mass is 16.4. The minimum absolute atomic E-state index is 0.336. The molecule has 2 N–H and O–H groups in total. The van der Waals surface area contributed by atoms with Crippen molar-refractivity contribution in [2.75, 3.05) is 20.0 Å². The van der Waals surface area contributed by atoms with E-state index in [-0.39, 0.29) is 0 Å². The van der Waals surface area contributed by atoms with E-state index >= 15 is 0 Å². The molecular formula is C18H21N5O3. The number of pyridine rings is 1. The zero-order valence-corrected chi connectivity index (χ0v) is 14.9. The number of methoxy groups -OCH3 is 1. The number of nitrogens with two attached hydrogens (primary N) is 1. The molecular weight excluding hydrogens is 334 g/mol. The first kappa shape index (κ1) is 20.7. The maximum atomic E-state index is 10.6. The third kappa shape index (κ3) is 4.81. The molecule has 0 bridgehead atoms. The van der Waals surface area contributed by atoms with Crippen LogP contribution in [0.15, 0.2) is 54.0 Å². The number of nitroso groups, excluding NO2 is 1. The second kappa shape index (κ2) is 10.5. The number of nitrogens with zero attached hydrogens (tertiary/aromatic N) is 4. The molecule has 8 heteroatoms. The second-order valence-corrected chi connectivity index (χ2v) is 5.03. The summed E-state index contributed by atoms with van der Waals surface area (Å²) in [7, 11) is 3.25. The van der Waals surface area contributed by atoms with Crippen molar-refractivity contribution < 1.29 is 9.53 Å². The zero-order chi connectivity index (χ0) is 19.5. The van der Waals surface area contributed by atoms with E-state index in [1.807, 2.05) is 31.9 Å². The normalized spacial score (nSPS) is 9.35. The molecule has 0 saturated carbocycles. The number of hydrogen-bond donors (Lipinski definition) is 1. The Morgan fingerprint density at radius 1 is 1.19 bits per heavy atom. The molecule has 0 saturated heterocycles. The van der Waals surface area contributed by atoms with Crippen molar-refractivity contribution in [3.05, 3.63) is 59.3 Å². The van der Waals surface area contributed by atoms with Gasteiger partial charge in [0.2, 0.25) is 0 Å². The minimum atomic E-state index is 0.336. The van der Waals surface area contributed by atoms with Gasteiger partial charge in [-0.15, -0.1) is 4.91 Å². The summed E-state index contributed by atoms with van der Waals surface area (Å²) in [6.07, 6.45) is 3.45. The van der Waals surface area contributed by atoms with E-state index < -0.39 is 0 Å². The van der Waals surface area contributed by atoms with E-state index in [0.29, 0.717) is 17.2 Å². The lowest BCUT2D eigenvalue weighted by molar-refractivity contribution is -0.0979. The maximum Gasteiger partial charge on any atom is 0.130 e. The van der Waals surface area contributed by atoms with E-state index in [1.165, 1.54) is 0 Å². The summed E-state index contributed by atoms with van der Waals surface area (Å²) in [5.74, 6) is 0.525. The predicted octanol–water partition coefficient (Wildman–Crippen LogP) is 3.30. The van der Waals surface area contributed by atoms with Gasteiger partial charge < -0.3 is 15.3 Å². The van der Waals surface area contributed by atoms with Crippen LogP contribution in [0.4, 0.5) is 11.5 Å². The fraction of sp³-hybridized carbons (Fsp3) is 0.167. The van der Waals surface area contributed by atoms with Crippen LogP contribution < -0.4 is 5.73 Å². The lowest BCUT2D eigenvalue weighted by Gasteiger charge is -2.03. The van der Waals surface area contributed by atoms with Crippen LogP contribution in [0.2, 0.25) is 0 Å². The molecule has 2 heterocycles. The van der Waals surface area contributed by atoms with E-state index in [1.54, 1.807) is 49.5 Å². The Morgan fingerprint density at radius 3 is 2.46 bits per heavy atom. The highest BCUT2D eigenvalue weighted by Gasteiger charge is 2.15. The van der Waals surface area contributed by atoms with E-state index in [0.717, 1.165) is 16.8 Å². The van der Waals surface area contributed by atoms with Crippen molar-refractivity contribution in [2.24, 2.45) is 5.18 Å². The molecule has 8 nitrogen and oxygen atoms in total. The molecule has 0 aliphatic carbocycles. The number of ether oxygens (including phenoxy) is 1. The molecule has 0 aliphatic rings. The van der Waals surface area contributed by atoms with Gasteiger partial charge in [-0.25, -0.2) is 4.68 Å². The van der Waals surface area contributed by atoms with Gasteiger partial charge in [0, 0.05) is 37.7 Å². The fourth-order valence-electron chi connectivity index (χ4n) is 2.16. The average molecular weight is 355 g/mol. The summed E-state index contributed by atoms with van der Waals surface area (Å²) in [6.45, 7) is 3.91. The first-order valence-electron chi connectivity index (χ1n) is 7.50. The summed E-state index contributed by atoms with van der Waals surface area (Å²) >= 11 is 0. The molecule has 0 atom stereocenters. The summed E-state index contributed by atoms with van der Waals surface area (Å²) in [4.78, 5) is 22.7. The Bertz CT molecular complexity index is 834. The van der Waals surface area contributed by atoms with E-state index in [9.17, 15) is 4.91 Å². The minimum Gasteiger partial charge on any atom is -0.388 e. The quantitative estimate of drug-likeness (QED) is 0.721. The lowest BCUT2D eigenvalue weighted by atomic mass is 10.1. The number of hydrogen-bond acceptors (Lipinski definition) is 7. The molecule has 0 aliphatic heterocycles. The molecule has 0 radical (unpaired) electrons. The first-order valence-corrected chi connectivity index (χ1v) is 7.50. The number of rotatable bonds is 3. The number of anilines is 1. The van der Waals surface area contributed by atoms with Crippen LogP contribution >= 0.6 is 0 Å². The Morgan fingerprint density at radius 2 is 1.88 bits per heavy atom. The number of nitrogen functional groups attached to an aromatic ring is 1. The van der Waals surface area contributed by atoms with Gasteiger partial charge >= 0.3 is 0 Å². The zero-order valence-electron chi connectivity index (χ0n) is 14.9. The van der Waals surface area contributed by atoms with Crippen molar-refractivity contribution in [3.63, 3.8) is 0 Å². The number of carbonyl (C=O) groups excluding carboxylic acids is 1. The van der Waals surface area contributed by atoms with Crippen molar-refractivity contribution in [1.82, 2.24) is 14.8 Å². The van der Waals surface area contributed by atoms with Crippen LogP contribution in [0.3, 0.4) is 0 Å². The van der Waals surface area contributed by atoms with Crippen molar-refractivity contribution in [1.29, 1.82) is 0 Å². The van der Waals surface area contributed by atoms with Gasteiger partial charge in [0.15, 0.2) is 0 Å². The van der Waals surface area contributed by atoms with Crippen LogP contribution in [-0.2, 0) is 9.53 Å². The average Bonchev–Trinajstić information content (AvgIpc) is 3.00. The predicted molar refractivity (Wildman–Crippen MR) is 101 cm³/mol. The second-order valence-electron chi connectivity index (χ2n) is 5.03. The van der Waals surface area contributed by atoms with Gasteiger partial charge in [0.05, 0.1) is 11.4 Å². The Balaban J connectivity index is 0.000000615. The van der Waals surface area contributed by atoms with Crippen molar-refractivity contribution in [2.45, 2.75) is 6.92 Å². The van der Waals surface area contributed by atoms with Gasteiger partial charge in [0.1, 0.15) is 18.3 Å². The smallest absolute Gasteiger partial charge is 0.130 e. The molecule has 3 aromatic rings. The topological polar surface area (TPSA) is 112 Å². The first-order chi connectivity index (χ1) is 12.6. The molecule has 0 fully saturated rings. The Hall–Kier alpha value is -3.39. The molecule has 1 aromatic carbocycles. The van der Waals surface area contributed by atoms with Crippen LogP contribution in [0, 0.1) is 11.8 Å². The third-order valence-corrected chi connectivity index (χ3v) is 3.28. The lowest BCUT2D eigenvalue weighted by Crippen LogP contribution is -2.01. The van der Waals surface area contributed by atoms with E-state index in [2.05, 4.69) is 20.0 Å². The van der Waals surface area contributed by atoms with Crippen molar-refractivity contribution >= 4 is 18.3 Å². The largest absolute Gasteiger partial charge is 0.388 e. The van der Waals surface area contributed by atoms with Gasteiger partial charge in [-0.2, -0.15) is 5.10 Å². The number of aromatic nitrogens is 3. The highest BCUT2D eigenvalue weighted by molar-refractivity contribution is 5.68. The van der Waals surface area contributed by atoms with Crippen molar-refractivity contribution in [3.8, 4) is 16.9 Å². The molecule has 0 amide bonds. The molecule has 2 aromatic heterocycles. The van der Waals surface area contributed by atoms with Crippen LogP contribution in [0.5, 0.6) is 0 Å². The monoisotopic (exact) mass is 355 g/mol. The summed E-state index contributed by atoms with van der Waals surface area (Å²) in [5.41, 5.74) is 9.70. The molecule has 0 unspecified atom stereocenters. The van der Waals surface area contributed by atoms with Gasteiger partial charge in [-0.05, 0) is 42.4 Å². The van der Waals surface area contributed by atoms with Crippen LogP contribution in [0.1, 0.15) is 5.56 Å². The summed E-state index contributed by atoms with van der Waals surface area (Å²) < 4.78 is 5.85. The molecule has 26 heavy (non-hydrogen) atoms. The molecule has 3 rings (SSSR count). The molecule has 0 spiro atoms. The van der Waals surface area contributed by atoms with Gasteiger partial charge in [-0.3, -0.25) is 4.98 Å². The van der Waals surface area contributed by atoms with Gasteiger partial charge in [0.25, 0.3) is 0 Å². The fourth-order valence-corrected chi connectivity index (χ4v) is 2.16. The maximum absolute atomic E-state index is 10.6.